The van der Waals surface area contributed by atoms with E-state index in [4.69, 9.17) is 5.73 Å². The van der Waals surface area contributed by atoms with Gasteiger partial charge < -0.3 is 5.73 Å². The molecule has 0 heterocycles. The third-order valence-electron chi connectivity index (χ3n) is 2.80. The molecule has 1 aromatic carbocycles. The molecular weight excluding hydrogens is 165 g/mol. The van der Waals surface area contributed by atoms with E-state index in [2.05, 4.69) is 0 Å². The highest BCUT2D eigenvalue weighted by atomic mass is 19.1. The van der Waals surface area contributed by atoms with Crippen LogP contribution in [0.5, 0.6) is 0 Å². The lowest BCUT2D eigenvalue weighted by atomic mass is 9.96. The summed E-state index contributed by atoms with van der Waals surface area (Å²) in [5, 5.41) is 0. The van der Waals surface area contributed by atoms with E-state index < -0.39 is 6.17 Å². The molecule has 1 aliphatic carbocycles. The summed E-state index contributed by atoms with van der Waals surface area (Å²) in [5.74, 6) is 0.112. The van der Waals surface area contributed by atoms with Gasteiger partial charge in [-0.3, -0.25) is 0 Å². The van der Waals surface area contributed by atoms with Gasteiger partial charge in [0.15, 0.2) is 0 Å². The molecule has 2 N–H and O–H groups in total. The Morgan fingerprint density at radius 1 is 1.15 bits per heavy atom. The lowest BCUT2D eigenvalue weighted by molar-refractivity contribution is 0.312. The van der Waals surface area contributed by atoms with Gasteiger partial charge >= 0.3 is 0 Å². The molecule has 2 rings (SSSR count). The SMILES string of the molecule is Nc1ccc(C2CCCC2F)cc1. The number of nitrogen functional groups attached to an aromatic ring is 1. The summed E-state index contributed by atoms with van der Waals surface area (Å²) in [6.45, 7) is 0. The van der Waals surface area contributed by atoms with Crippen LogP contribution >= 0.6 is 0 Å². The first kappa shape index (κ1) is 8.54. The van der Waals surface area contributed by atoms with Gasteiger partial charge in [-0.2, -0.15) is 0 Å². The summed E-state index contributed by atoms with van der Waals surface area (Å²) in [6.07, 6.45) is 2.06. The Hall–Kier alpha value is -1.05. The van der Waals surface area contributed by atoms with E-state index in [0.29, 0.717) is 0 Å². The van der Waals surface area contributed by atoms with Crippen LogP contribution in [0.2, 0.25) is 0 Å². The third kappa shape index (κ3) is 1.67. The zero-order chi connectivity index (χ0) is 9.26. The number of halogens is 1. The Morgan fingerprint density at radius 3 is 2.38 bits per heavy atom. The normalized spacial score (nSPS) is 27.8. The summed E-state index contributed by atoms with van der Waals surface area (Å²) < 4.78 is 13.3. The number of anilines is 1. The van der Waals surface area contributed by atoms with Crippen molar-refractivity contribution in [3.05, 3.63) is 29.8 Å². The van der Waals surface area contributed by atoms with Crippen LogP contribution in [-0.4, -0.2) is 6.17 Å². The van der Waals surface area contributed by atoms with Crippen molar-refractivity contribution in [2.45, 2.75) is 31.4 Å². The molecule has 0 radical (unpaired) electrons. The Balaban J connectivity index is 2.20. The van der Waals surface area contributed by atoms with E-state index in [1.54, 1.807) is 0 Å². The first-order chi connectivity index (χ1) is 6.27. The highest BCUT2D eigenvalue weighted by Gasteiger charge is 2.27. The lowest BCUT2D eigenvalue weighted by Gasteiger charge is -2.12. The van der Waals surface area contributed by atoms with Crippen LogP contribution in [0.3, 0.4) is 0 Å². The molecule has 0 aromatic heterocycles. The van der Waals surface area contributed by atoms with Crippen molar-refractivity contribution < 1.29 is 4.39 Å². The predicted octanol–water partition coefficient (Wildman–Crippen LogP) is 2.87. The standard InChI is InChI=1S/C11H14FN/c12-11-3-1-2-10(11)8-4-6-9(13)7-5-8/h4-7,10-11H,1-3,13H2. The largest absolute Gasteiger partial charge is 0.399 e. The Morgan fingerprint density at radius 2 is 1.85 bits per heavy atom. The van der Waals surface area contributed by atoms with Gasteiger partial charge in [-0.15, -0.1) is 0 Å². The monoisotopic (exact) mass is 179 g/mol. The summed E-state index contributed by atoms with van der Waals surface area (Å²) in [5.41, 5.74) is 7.41. The van der Waals surface area contributed by atoms with Crippen molar-refractivity contribution in [3.63, 3.8) is 0 Å². The molecule has 70 valence electrons. The fourth-order valence-electron chi connectivity index (χ4n) is 2.03. The zero-order valence-electron chi connectivity index (χ0n) is 7.54. The van der Waals surface area contributed by atoms with Crippen LogP contribution in [0.4, 0.5) is 10.1 Å². The number of hydrogen-bond acceptors (Lipinski definition) is 1. The van der Waals surface area contributed by atoms with Crippen LogP contribution in [0.15, 0.2) is 24.3 Å². The van der Waals surface area contributed by atoms with Crippen molar-refractivity contribution in [3.8, 4) is 0 Å². The van der Waals surface area contributed by atoms with Crippen LogP contribution < -0.4 is 5.73 Å². The van der Waals surface area contributed by atoms with Crippen LogP contribution in [-0.2, 0) is 0 Å². The van der Waals surface area contributed by atoms with Crippen molar-refractivity contribution in [2.75, 3.05) is 5.73 Å². The average Bonchev–Trinajstić information content (AvgIpc) is 2.53. The van der Waals surface area contributed by atoms with E-state index in [1.165, 1.54) is 0 Å². The fourth-order valence-corrected chi connectivity index (χ4v) is 2.03. The van der Waals surface area contributed by atoms with Gasteiger partial charge in [-0.05, 0) is 37.0 Å². The summed E-state index contributed by atoms with van der Waals surface area (Å²) in [4.78, 5) is 0. The van der Waals surface area contributed by atoms with Gasteiger partial charge in [0.05, 0.1) is 0 Å². The summed E-state index contributed by atoms with van der Waals surface area (Å²) in [7, 11) is 0. The molecular formula is C11H14FN. The van der Waals surface area contributed by atoms with Crippen LogP contribution in [0.25, 0.3) is 0 Å². The van der Waals surface area contributed by atoms with Gasteiger partial charge in [0.2, 0.25) is 0 Å². The second-order valence-corrected chi connectivity index (χ2v) is 3.72. The van der Waals surface area contributed by atoms with Gasteiger partial charge in [-0.25, -0.2) is 4.39 Å². The van der Waals surface area contributed by atoms with Crippen LogP contribution in [0.1, 0.15) is 30.7 Å². The third-order valence-corrected chi connectivity index (χ3v) is 2.80. The number of rotatable bonds is 1. The van der Waals surface area contributed by atoms with Crippen molar-refractivity contribution in [1.29, 1.82) is 0 Å². The number of benzene rings is 1. The molecule has 0 spiro atoms. The highest BCUT2D eigenvalue weighted by molar-refractivity contribution is 5.40. The fraction of sp³-hybridized carbons (Fsp3) is 0.455. The van der Waals surface area contributed by atoms with Gasteiger partial charge in [0, 0.05) is 11.6 Å². The van der Waals surface area contributed by atoms with Gasteiger partial charge in [0.25, 0.3) is 0 Å². The molecule has 1 aromatic rings. The average molecular weight is 179 g/mol. The van der Waals surface area contributed by atoms with E-state index in [1.807, 2.05) is 24.3 Å². The van der Waals surface area contributed by atoms with Crippen molar-refractivity contribution >= 4 is 5.69 Å². The number of nitrogens with two attached hydrogens (primary N) is 1. The molecule has 0 amide bonds. The molecule has 2 unspecified atom stereocenters. The second-order valence-electron chi connectivity index (χ2n) is 3.72. The minimum atomic E-state index is -0.649. The lowest BCUT2D eigenvalue weighted by Crippen LogP contribution is -2.05. The first-order valence-electron chi connectivity index (χ1n) is 4.77. The molecule has 0 bridgehead atoms. The van der Waals surface area contributed by atoms with Gasteiger partial charge in [-0.1, -0.05) is 12.1 Å². The molecule has 0 saturated heterocycles. The van der Waals surface area contributed by atoms with E-state index in [0.717, 1.165) is 30.5 Å². The zero-order valence-corrected chi connectivity index (χ0v) is 7.54. The summed E-state index contributed by atoms with van der Waals surface area (Å²) in [6, 6.07) is 7.58. The van der Waals surface area contributed by atoms with Gasteiger partial charge in [0.1, 0.15) is 6.17 Å². The minimum Gasteiger partial charge on any atom is -0.399 e. The molecule has 0 aliphatic heterocycles. The predicted molar refractivity (Wildman–Crippen MR) is 52.3 cm³/mol. The molecule has 1 aliphatic rings. The maximum Gasteiger partial charge on any atom is 0.107 e. The van der Waals surface area contributed by atoms with E-state index in [9.17, 15) is 4.39 Å². The minimum absolute atomic E-state index is 0.112. The van der Waals surface area contributed by atoms with E-state index in [-0.39, 0.29) is 5.92 Å². The topological polar surface area (TPSA) is 26.0 Å². The molecule has 2 atom stereocenters. The molecule has 1 saturated carbocycles. The quantitative estimate of drug-likeness (QED) is 0.659. The van der Waals surface area contributed by atoms with Crippen molar-refractivity contribution in [1.82, 2.24) is 0 Å². The smallest absolute Gasteiger partial charge is 0.107 e. The molecule has 13 heavy (non-hydrogen) atoms. The van der Waals surface area contributed by atoms with E-state index >= 15 is 0 Å². The Bertz CT molecular complexity index is 281. The Kier molecular flexibility index (Phi) is 2.21. The molecule has 2 heteroatoms. The maximum atomic E-state index is 13.3. The van der Waals surface area contributed by atoms with Crippen LogP contribution in [0, 0.1) is 0 Å². The van der Waals surface area contributed by atoms with Crippen molar-refractivity contribution in [2.24, 2.45) is 0 Å². The summed E-state index contributed by atoms with van der Waals surface area (Å²) >= 11 is 0. The molecule has 1 nitrogen and oxygen atoms in total. The number of alkyl halides is 1. The Labute approximate surface area is 77.8 Å². The number of hydrogen-bond donors (Lipinski definition) is 1. The highest BCUT2D eigenvalue weighted by Crippen LogP contribution is 2.36. The first-order valence-corrected chi connectivity index (χ1v) is 4.77. The molecule has 1 fully saturated rings. The second kappa shape index (κ2) is 3.36. The maximum absolute atomic E-state index is 13.3.